The molecule has 2 fully saturated rings. The summed E-state index contributed by atoms with van der Waals surface area (Å²) in [5.41, 5.74) is 5.44. The van der Waals surface area contributed by atoms with Crippen molar-refractivity contribution in [2.45, 2.75) is 97.8 Å². The second-order valence-corrected chi connectivity index (χ2v) is 11.3. The molecule has 0 aromatic heterocycles. The van der Waals surface area contributed by atoms with E-state index in [1.165, 1.54) is 88.3 Å². The summed E-state index contributed by atoms with van der Waals surface area (Å²) in [4.78, 5) is 0. The maximum Gasteiger partial charge on any atom is 0.159 e. The molecule has 0 saturated heterocycles. The molecular formula is C31H42F2. The van der Waals surface area contributed by atoms with Crippen molar-refractivity contribution >= 4 is 0 Å². The molecule has 0 atom stereocenters. The van der Waals surface area contributed by atoms with E-state index in [9.17, 15) is 8.78 Å². The summed E-state index contributed by atoms with van der Waals surface area (Å²) in [6, 6.07) is 8.69. The number of benzene rings is 2. The molecule has 0 bridgehead atoms. The van der Waals surface area contributed by atoms with E-state index in [2.05, 4.69) is 32.9 Å². The third-order valence-electron chi connectivity index (χ3n) is 8.75. The van der Waals surface area contributed by atoms with Crippen molar-refractivity contribution in [3.63, 3.8) is 0 Å². The molecule has 0 spiro atoms. The minimum atomic E-state index is -0.789. The van der Waals surface area contributed by atoms with Crippen LogP contribution in [0.2, 0.25) is 0 Å². The Balaban J connectivity index is 1.22. The first kappa shape index (κ1) is 24.4. The first-order valence-electron chi connectivity index (χ1n) is 13.5. The Bertz CT molecular complexity index is 892. The molecule has 0 unspecified atom stereocenters. The quantitative estimate of drug-likeness (QED) is 0.367. The molecule has 2 aliphatic rings. The Morgan fingerprint density at radius 2 is 1.33 bits per heavy atom. The van der Waals surface area contributed by atoms with Crippen molar-refractivity contribution in [1.29, 1.82) is 0 Å². The molecule has 0 N–H and O–H groups in total. The highest BCUT2D eigenvalue weighted by atomic mass is 19.2. The van der Waals surface area contributed by atoms with Crippen molar-refractivity contribution in [2.24, 2.45) is 23.7 Å². The van der Waals surface area contributed by atoms with Gasteiger partial charge >= 0.3 is 0 Å². The predicted octanol–water partition coefficient (Wildman–Crippen LogP) is 9.59. The molecule has 0 radical (unpaired) electrons. The highest BCUT2D eigenvalue weighted by molar-refractivity contribution is 5.71. The lowest BCUT2D eigenvalue weighted by Crippen LogP contribution is -2.25. The van der Waals surface area contributed by atoms with E-state index in [1.807, 2.05) is 0 Å². The topological polar surface area (TPSA) is 0 Å². The molecule has 33 heavy (non-hydrogen) atoms. The lowest BCUT2D eigenvalue weighted by molar-refractivity contribution is 0.146. The second kappa shape index (κ2) is 11.2. The normalized spacial score (nSPS) is 25.8. The zero-order chi connectivity index (χ0) is 23.4. The average molecular weight is 453 g/mol. The van der Waals surface area contributed by atoms with Crippen LogP contribution in [0.15, 0.2) is 30.3 Å². The molecule has 0 amide bonds. The smallest absolute Gasteiger partial charge is 0.159 e. The molecule has 2 aromatic rings. The highest BCUT2D eigenvalue weighted by Crippen LogP contribution is 2.42. The van der Waals surface area contributed by atoms with Gasteiger partial charge in [-0.15, -0.1) is 0 Å². The number of hydrogen-bond acceptors (Lipinski definition) is 0. The van der Waals surface area contributed by atoms with Gasteiger partial charge in [-0.05, 0) is 116 Å². The van der Waals surface area contributed by atoms with Gasteiger partial charge in [0.05, 0.1) is 0 Å². The summed E-state index contributed by atoms with van der Waals surface area (Å²) in [6.07, 6.45) is 16.8. The van der Waals surface area contributed by atoms with E-state index >= 15 is 0 Å². The lowest BCUT2D eigenvalue weighted by Gasteiger charge is -2.37. The molecule has 180 valence electrons. The van der Waals surface area contributed by atoms with Crippen molar-refractivity contribution in [3.05, 3.63) is 58.7 Å². The lowest BCUT2D eigenvalue weighted by atomic mass is 9.69. The van der Waals surface area contributed by atoms with Gasteiger partial charge in [0.25, 0.3) is 0 Å². The van der Waals surface area contributed by atoms with Crippen LogP contribution < -0.4 is 0 Å². The summed E-state index contributed by atoms with van der Waals surface area (Å²) in [5.74, 6) is 2.39. The Labute approximate surface area is 200 Å². The first-order chi connectivity index (χ1) is 15.9. The summed E-state index contributed by atoms with van der Waals surface area (Å²) in [7, 11) is 0. The van der Waals surface area contributed by atoms with Crippen molar-refractivity contribution in [3.8, 4) is 11.1 Å². The Morgan fingerprint density at radius 3 is 1.94 bits per heavy atom. The van der Waals surface area contributed by atoms with Gasteiger partial charge in [-0.2, -0.15) is 0 Å². The molecule has 0 nitrogen and oxygen atoms in total. The Hall–Kier alpha value is -1.70. The first-order valence-corrected chi connectivity index (χ1v) is 13.5. The van der Waals surface area contributed by atoms with Crippen LogP contribution in [-0.4, -0.2) is 0 Å². The average Bonchev–Trinajstić information content (AvgIpc) is 2.80. The molecular weight excluding hydrogens is 410 g/mol. The van der Waals surface area contributed by atoms with Crippen LogP contribution in [0.5, 0.6) is 0 Å². The molecule has 4 rings (SSSR count). The van der Waals surface area contributed by atoms with Crippen LogP contribution in [0.3, 0.4) is 0 Å². The van der Waals surface area contributed by atoms with E-state index in [0.717, 1.165) is 52.3 Å². The number of halogens is 2. The van der Waals surface area contributed by atoms with Gasteiger partial charge in [-0.1, -0.05) is 63.6 Å². The van der Waals surface area contributed by atoms with Gasteiger partial charge < -0.3 is 0 Å². The number of hydrogen-bond donors (Lipinski definition) is 0. The minimum absolute atomic E-state index is 0.758. The van der Waals surface area contributed by atoms with Crippen LogP contribution in [0.25, 0.3) is 11.1 Å². The van der Waals surface area contributed by atoms with E-state index in [1.54, 1.807) is 6.07 Å². The Kier molecular flexibility index (Phi) is 8.25. The monoisotopic (exact) mass is 452 g/mol. The third-order valence-corrected chi connectivity index (χ3v) is 8.75. The van der Waals surface area contributed by atoms with E-state index < -0.39 is 11.6 Å². The van der Waals surface area contributed by atoms with Gasteiger partial charge in [-0.25, -0.2) is 8.78 Å². The van der Waals surface area contributed by atoms with Crippen LogP contribution in [0.4, 0.5) is 8.78 Å². The standard InChI is InChI=1S/C31H42F2/c1-21-8-12-26(13-9-21)27-14-10-24(11-15-27)6-4-5-7-25-18-22(2)31(23(3)19-25)28-16-17-29(32)30(33)20-28/h16-21,24,26-27H,4-15H2,1-3H3. The van der Waals surface area contributed by atoms with Gasteiger partial charge in [0, 0.05) is 0 Å². The zero-order valence-corrected chi connectivity index (χ0v) is 20.9. The highest BCUT2D eigenvalue weighted by Gasteiger charge is 2.29. The van der Waals surface area contributed by atoms with Crippen molar-refractivity contribution < 1.29 is 8.78 Å². The third kappa shape index (κ3) is 6.25. The molecule has 0 heterocycles. The molecule has 2 heteroatoms. The summed E-state index contributed by atoms with van der Waals surface area (Å²) in [6.45, 7) is 6.59. The van der Waals surface area contributed by atoms with Crippen LogP contribution in [0, 0.1) is 49.2 Å². The largest absolute Gasteiger partial charge is 0.204 e. The molecule has 2 saturated carbocycles. The maximum atomic E-state index is 13.7. The predicted molar refractivity (Wildman–Crippen MR) is 135 cm³/mol. The SMILES string of the molecule is Cc1cc(CCCCC2CCC(C3CCC(C)CC3)CC2)cc(C)c1-c1ccc(F)c(F)c1. The molecule has 2 aromatic carbocycles. The number of rotatable bonds is 7. The fourth-order valence-corrected chi connectivity index (χ4v) is 6.77. The van der Waals surface area contributed by atoms with E-state index in [4.69, 9.17) is 0 Å². The van der Waals surface area contributed by atoms with E-state index in [0.29, 0.717) is 0 Å². The number of unbranched alkanes of at least 4 members (excludes halogenated alkanes) is 1. The zero-order valence-electron chi connectivity index (χ0n) is 20.9. The molecule has 2 aliphatic carbocycles. The van der Waals surface area contributed by atoms with Gasteiger partial charge in [0.15, 0.2) is 11.6 Å². The van der Waals surface area contributed by atoms with Crippen LogP contribution >= 0.6 is 0 Å². The van der Waals surface area contributed by atoms with Gasteiger partial charge in [0.1, 0.15) is 0 Å². The maximum absolute atomic E-state index is 13.7. The summed E-state index contributed by atoms with van der Waals surface area (Å²) >= 11 is 0. The second-order valence-electron chi connectivity index (χ2n) is 11.3. The van der Waals surface area contributed by atoms with Gasteiger partial charge in [-0.3, -0.25) is 0 Å². The Morgan fingerprint density at radius 1 is 0.727 bits per heavy atom. The van der Waals surface area contributed by atoms with Crippen LogP contribution in [-0.2, 0) is 6.42 Å². The van der Waals surface area contributed by atoms with Gasteiger partial charge in [0.2, 0.25) is 0 Å². The van der Waals surface area contributed by atoms with Crippen molar-refractivity contribution in [1.82, 2.24) is 0 Å². The van der Waals surface area contributed by atoms with Crippen LogP contribution in [0.1, 0.15) is 94.2 Å². The van der Waals surface area contributed by atoms with E-state index in [-0.39, 0.29) is 0 Å². The van der Waals surface area contributed by atoms with Crippen molar-refractivity contribution in [2.75, 3.05) is 0 Å². The fraction of sp³-hybridized carbons (Fsp3) is 0.613. The number of aryl methyl sites for hydroxylation is 3. The summed E-state index contributed by atoms with van der Waals surface area (Å²) < 4.78 is 27.1. The molecule has 0 aliphatic heterocycles. The summed E-state index contributed by atoms with van der Waals surface area (Å²) in [5, 5.41) is 0. The minimum Gasteiger partial charge on any atom is -0.204 e. The fourth-order valence-electron chi connectivity index (χ4n) is 6.77.